The lowest BCUT2D eigenvalue weighted by molar-refractivity contribution is 0.590. The lowest BCUT2D eigenvalue weighted by atomic mass is 10.1. The van der Waals surface area contributed by atoms with Crippen molar-refractivity contribution in [2.75, 3.05) is 0 Å². The molecular formula is C15H12N2O2S. The van der Waals surface area contributed by atoms with Crippen molar-refractivity contribution in [3.8, 4) is 0 Å². The average Bonchev–Trinajstić information content (AvgIpc) is 2.47. The molecule has 0 aliphatic heterocycles. The van der Waals surface area contributed by atoms with E-state index < -0.39 is 9.84 Å². The van der Waals surface area contributed by atoms with Gasteiger partial charge in [0.05, 0.1) is 10.6 Å². The highest BCUT2D eigenvalue weighted by Gasteiger charge is 2.22. The van der Waals surface area contributed by atoms with Gasteiger partial charge in [0.25, 0.3) is 0 Å². The molecule has 0 spiro atoms. The molecule has 4 nitrogen and oxygen atoms in total. The first-order valence-electron chi connectivity index (χ1n) is 6.10. The summed E-state index contributed by atoms with van der Waals surface area (Å²) in [6.45, 7) is 1.64. The third kappa shape index (κ3) is 2.06. The third-order valence-corrected chi connectivity index (χ3v) is 4.91. The van der Waals surface area contributed by atoms with Gasteiger partial charge in [0.15, 0.2) is 5.03 Å². The molecule has 0 fully saturated rings. The van der Waals surface area contributed by atoms with Gasteiger partial charge in [-0.25, -0.2) is 13.4 Å². The average molecular weight is 284 g/mol. The Morgan fingerprint density at radius 3 is 2.35 bits per heavy atom. The Morgan fingerprint density at radius 1 is 0.900 bits per heavy atom. The van der Waals surface area contributed by atoms with Crippen LogP contribution in [0.2, 0.25) is 0 Å². The Morgan fingerprint density at radius 2 is 1.60 bits per heavy atom. The Bertz CT molecular complexity index is 889. The summed E-state index contributed by atoms with van der Waals surface area (Å²) in [6, 6.07) is 12.7. The standard InChI is InChI=1S/C15H12N2O2S/c1-11-15(17-9-8-16-11)20(18,19)14-7-6-12-4-2-3-5-13(12)10-14/h2-10H,1H3. The van der Waals surface area contributed by atoms with Gasteiger partial charge in [-0.1, -0.05) is 30.3 Å². The molecule has 3 rings (SSSR count). The molecule has 0 aliphatic rings. The van der Waals surface area contributed by atoms with Gasteiger partial charge in [0, 0.05) is 12.4 Å². The highest BCUT2D eigenvalue weighted by Crippen LogP contribution is 2.24. The Kier molecular flexibility index (Phi) is 2.99. The van der Waals surface area contributed by atoms with Gasteiger partial charge in [-0.2, -0.15) is 0 Å². The number of hydrogen-bond donors (Lipinski definition) is 0. The van der Waals surface area contributed by atoms with Crippen molar-refractivity contribution in [2.45, 2.75) is 16.8 Å². The predicted molar refractivity (Wildman–Crippen MR) is 76.2 cm³/mol. The number of benzene rings is 2. The van der Waals surface area contributed by atoms with Gasteiger partial charge in [0.1, 0.15) is 0 Å². The monoisotopic (exact) mass is 284 g/mol. The van der Waals surface area contributed by atoms with E-state index in [-0.39, 0.29) is 9.92 Å². The lowest BCUT2D eigenvalue weighted by Crippen LogP contribution is -2.07. The quantitative estimate of drug-likeness (QED) is 0.726. The molecule has 0 atom stereocenters. The van der Waals surface area contributed by atoms with E-state index in [1.165, 1.54) is 12.4 Å². The van der Waals surface area contributed by atoms with Gasteiger partial charge < -0.3 is 0 Å². The molecule has 0 unspecified atom stereocenters. The minimum Gasteiger partial charge on any atom is -0.257 e. The topological polar surface area (TPSA) is 59.9 Å². The van der Waals surface area contributed by atoms with E-state index in [2.05, 4.69) is 9.97 Å². The number of fused-ring (bicyclic) bond motifs is 1. The summed E-state index contributed by atoms with van der Waals surface area (Å²) in [5.41, 5.74) is 0.403. The molecule has 5 heteroatoms. The summed E-state index contributed by atoms with van der Waals surface area (Å²) in [4.78, 5) is 8.18. The first-order chi connectivity index (χ1) is 9.59. The Hall–Kier alpha value is -2.27. The molecule has 0 aliphatic carbocycles. The van der Waals surface area contributed by atoms with Crippen LogP contribution in [0.5, 0.6) is 0 Å². The summed E-state index contributed by atoms with van der Waals surface area (Å²) >= 11 is 0. The fraction of sp³-hybridized carbons (Fsp3) is 0.0667. The molecule has 1 heterocycles. The molecule has 100 valence electrons. The second-order valence-corrected chi connectivity index (χ2v) is 6.32. The second-order valence-electron chi connectivity index (χ2n) is 4.46. The first-order valence-corrected chi connectivity index (χ1v) is 7.59. The highest BCUT2D eigenvalue weighted by molar-refractivity contribution is 7.91. The van der Waals surface area contributed by atoms with E-state index in [9.17, 15) is 8.42 Å². The number of sulfone groups is 1. The van der Waals surface area contributed by atoms with Crippen LogP contribution < -0.4 is 0 Å². The van der Waals surface area contributed by atoms with E-state index in [1.54, 1.807) is 25.1 Å². The SMILES string of the molecule is Cc1nccnc1S(=O)(=O)c1ccc2ccccc2c1. The summed E-state index contributed by atoms with van der Waals surface area (Å²) < 4.78 is 25.2. The van der Waals surface area contributed by atoms with Crippen LogP contribution in [-0.4, -0.2) is 18.4 Å². The van der Waals surface area contributed by atoms with Crippen LogP contribution in [0.4, 0.5) is 0 Å². The van der Waals surface area contributed by atoms with Gasteiger partial charge in [-0.05, 0) is 29.8 Å². The van der Waals surface area contributed by atoms with Crippen molar-refractivity contribution in [2.24, 2.45) is 0 Å². The third-order valence-electron chi connectivity index (χ3n) is 3.12. The highest BCUT2D eigenvalue weighted by atomic mass is 32.2. The second kappa shape index (κ2) is 4.68. The zero-order valence-corrected chi connectivity index (χ0v) is 11.6. The van der Waals surface area contributed by atoms with Crippen LogP contribution in [0.25, 0.3) is 10.8 Å². The zero-order valence-electron chi connectivity index (χ0n) is 10.8. The molecule has 0 radical (unpaired) electrons. The van der Waals surface area contributed by atoms with Crippen LogP contribution in [0.3, 0.4) is 0 Å². The number of aryl methyl sites for hydroxylation is 1. The molecule has 0 bridgehead atoms. The van der Waals surface area contributed by atoms with Gasteiger partial charge >= 0.3 is 0 Å². The summed E-state index contributed by atoms with van der Waals surface area (Å²) in [6.07, 6.45) is 2.87. The molecular weight excluding hydrogens is 272 g/mol. The smallest absolute Gasteiger partial charge is 0.225 e. The summed E-state index contributed by atoms with van der Waals surface area (Å²) in [7, 11) is -3.63. The fourth-order valence-electron chi connectivity index (χ4n) is 2.10. The van der Waals surface area contributed by atoms with Crippen molar-refractivity contribution in [1.82, 2.24) is 9.97 Å². The van der Waals surface area contributed by atoms with Crippen LogP contribution in [0.15, 0.2) is 64.8 Å². The number of aromatic nitrogens is 2. The van der Waals surface area contributed by atoms with E-state index >= 15 is 0 Å². The normalized spacial score (nSPS) is 11.7. The van der Waals surface area contributed by atoms with Crippen molar-refractivity contribution < 1.29 is 8.42 Å². The first kappa shape index (κ1) is 12.7. The molecule has 0 saturated carbocycles. The van der Waals surface area contributed by atoms with Gasteiger partial charge in [-0.15, -0.1) is 0 Å². The number of nitrogens with zero attached hydrogens (tertiary/aromatic N) is 2. The van der Waals surface area contributed by atoms with E-state index in [0.717, 1.165) is 10.8 Å². The van der Waals surface area contributed by atoms with E-state index in [0.29, 0.717) is 5.69 Å². The minimum atomic E-state index is -3.63. The zero-order chi connectivity index (χ0) is 14.2. The molecule has 3 aromatic rings. The van der Waals surface area contributed by atoms with Gasteiger partial charge in [-0.3, -0.25) is 4.98 Å². The van der Waals surface area contributed by atoms with Crippen LogP contribution in [0, 0.1) is 6.92 Å². The van der Waals surface area contributed by atoms with E-state index in [4.69, 9.17) is 0 Å². The molecule has 20 heavy (non-hydrogen) atoms. The molecule has 2 aromatic carbocycles. The number of hydrogen-bond acceptors (Lipinski definition) is 4. The van der Waals surface area contributed by atoms with E-state index in [1.807, 2.05) is 24.3 Å². The fourth-order valence-corrected chi connectivity index (χ4v) is 3.50. The van der Waals surface area contributed by atoms with Gasteiger partial charge in [0.2, 0.25) is 9.84 Å². The maximum absolute atomic E-state index is 12.6. The predicted octanol–water partition coefficient (Wildman–Crippen LogP) is 2.77. The maximum Gasteiger partial charge on any atom is 0.225 e. The lowest BCUT2D eigenvalue weighted by Gasteiger charge is -2.07. The van der Waals surface area contributed by atoms with Crippen molar-refractivity contribution in [3.63, 3.8) is 0 Å². The van der Waals surface area contributed by atoms with Crippen molar-refractivity contribution in [3.05, 3.63) is 60.6 Å². The molecule has 1 aromatic heterocycles. The Labute approximate surface area is 117 Å². The molecule has 0 saturated heterocycles. The largest absolute Gasteiger partial charge is 0.257 e. The number of rotatable bonds is 2. The minimum absolute atomic E-state index is 0.00952. The summed E-state index contributed by atoms with van der Waals surface area (Å²) in [5, 5.41) is 1.90. The van der Waals surface area contributed by atoms with Crippen molar-refractivity contribution in [1.29, 1.82) is 0 Å². The molecule has 0 amide bonds. The van der Waals surface area contributed by atoms with Crippen molar-refractivity contribution >= 4 is 20.6 Å². The van der Waals surface area contributed by atoms with Crippen LogP contribution in [-0.2, 0) is 9.84 Å². The maximum atomic E-state index is 12.6. The summed E-state index contributed by atoms with van der Waals surface area (Å²) in [5.74, 6) is 0. The van der Waals surface area contributed by atoms with Crippen LogP contribution in [0.1, 0.15) is 5.69 Å². The van der Waals surface area contributed by atoms with Crippen LogP contribution >= 0.6 is 0 Å². The molecule has 0 N–H and O–H groups in total. The Balaban J connectivity index is 2.22.